The van der Waals surface area contributed by atoms with E-state index in [1.807, 2.05) is 35.9 Å². The smallest absolute Gasteiger partial charge is 0.258 e. The van der Waals surface area contributed by atoms with E-state index < -0.39 is 15.7 Å². The monoisotopic (exact) mass is 459 g/mol. The largest absolute Gasteiger partial charge is 0.327 e. The Hall–Kier alpha value is -4.03. The number of imidazole rings is 1. The van der Waals surface area contributed by atoms with Gasteiger partial charge in [-0.15, -0.1) is 0 Å². The molecule has 33 heavy (non-hydrogen) atoms. The SMILES string of the molecule is CCc1ccc(-c2nc3cc(NC(=O)c4cc(C#N)cnc4S(C)(=O)=O)ccc3n2C)cc1. The Labute approximate surface area is 191 Å². The van der Waals surface area contributed by atoms with Gasteiger partial charge in [-0.25, -0.2) is 18.4 Å². The van der Waals surface area contributed by atoms with Gasteiger partial charge in [0.15, 0.2) is 14.9 Å². The molecule has 0 radical (unpaired) electrons. The molecule has 0 saturated heterocycles. The first-order valence-corrected chi connectivity index (χ1v) is 12.1. The minimum atomic E-state index is -3.77. The van der Waals surface area contributed by atoms with Crippen molar-refractivity contribution in [2.24, 2.45) is 7.05 Å². The van der Waals surface area contributed by atoms with E-state index in [0.717, 1.165) is 35.8 Å². The van der Waals surface area contributed by atoms with Crippen molar-refractivity contribution >= 4 is 32.5 Å². The predicted octanol–water partition coefficient (Wildman–Crippen LogP) is 3.73. The standard InChI is InChI=1S/C24H21N5O3S/c1-4-15-5-7-17(8-6-15)22-28-20-12-18(9-10-21(20)29(22)2)27-23(30)19-11-16(13-25)14-26-24(19)33(3,31)32/h5-12,14H,4H2,1-3H3,(H,27,30). The lowest BCUT2D eigenvalue weighted by molar-refractivity contribution is 0.102. The number of nitriles is 1. The summed E-state index contributed by atoms with van der Waals surface area (Å²) >= 11 is 0. The Morgan fingerprint density at radius 1 is 1.15 bits per heavy atom. The highest BCUT2D eigenvalue weighted by molar-refractivity contribution is 7.90. The molecule has 2 aromatic carbocycles. The molecule has 1 N–H and O–H groups in total. The van der Waals surface area contributed by atoms with Crippen LogP contribution in [0.3, 0.4) is 0 Å². The van der Waals surface area contributed by atoms with Gasteiger partial charge in [-0.1, -0.05) is 31.2 Å². The maximum atomic E-state index is 12.9. The number of aryl methyl sites for hydroxylation is 2. The molecule has 0 aliphatic heterocycles. The number of hydrogen-bond donors (Lipinski definition) is 1. The van der Waals surface area contributed by atoms with Gasteiger partial charge < -0.3 is 9.88 Å². The number of carbonyl (C=O) groups excluding carboxylic acids is 1. The van der Waals surface area contributed by atoms with Crippen LogP contribution in [0.1, 0.15) is 28.4 Å². The van der Waals surface area contributed by atoms with Crippen molar-refractivity contribution in [3.05, 3.63) is 71.4 Å². The summed E-state index contributed by atoms with van der Waals surface area (Å²) in [7, 11) is -1.84. The molecule has 0 aliphatic carbocycles. The van der Waals surface area contributed by atoms with Gasteiger partial charge in [0.05, 0.1) is 22.2 Å². The second-order valence-electron chi connectivity index (χ2n) is 7.66. The topological polar surface area (TPSA) is 118 Å². The van der Waals surface area contributed by atoms with Crippen molar-refractivity contribution in [2.75, 3.05) is 11.6 Å². The molecule has 0 saturated carbocycles. The molecule has 0 bridgehead atoms. The van der Waals surface area contributed by atoms with Crippen molar-refractivity contribution in [3.63, 3.8) is 0 Å². The summed E-state index contributed by atoms with van der Waals surface area (Å²) in [5, 5.41) is 11.4. The first-order chi connectivity index (χ1) is 15.7. The zero-order valence-electron chi connectivity index (χ0n) is 18.3. The van der Waals surface area contributed by atoms with Gasteiger partial charge >= 0.3 is 0 Å². The van der Waals surface area contributed by atoms with Crippen LogP contribution in [0.25, 0.3) is 22.4 Å². The number of carbonyl (C=O) groups is 1. The molecule has 166 valence electrons. The number of anilines is 1. The van der Waals surface area contributed by atoms with Crippen LogP contribution in [-0.4, -0.2) is 35.1 Å². The van der Waals surface area contributed by atoms with Crippen molar-refractivity contribution in [1.29, 1.82) is 5.26 Å². The number of sulfone groups is 1. The number of rotatable bonds is 5. The summed E-state index contributed by atoms with van der Waals surface area (Å²) in [6.07, 6.45) is 3.05. The van der Waals surface area contributed by atoms with E-state index in [0.29, 0.717) is 11.2 Å². The number of fused-ring (bicyclic) bond motifs is 1. The second-order valence-corrected chi connectivity index (χ2v) is 9.59. The van der Waals surface area contributed by atoms with Crippen LogP contribution in [0.4, 0.5) is 5.69 Å². The fourth-order valence-electron chi connectivity index (χ4n) is 3.60. The first-order valence-electron chi connectivity index (χ1n) is 10.2. The molecule has 0 fully saturated rings. The van der Waals surface area contributed by atoms with E-state index in [1.54, 1.807) is 12.1 Å². The highest BCUT2D eigenvalue weighted by Gasteiger charge is 2.22. The van der Waals surface area contributed by atoms with Crippen LogP contribution >= 0.6 is 0 Å². The normalized spacial score (nSPS) is 11.3. The van der Waals surface area contributed by atoms with Crippen LogP contribution in [0, 0.1) is 11.3 Å². The molecule has 2 heterocycles. The number of nitrogens with one attached hydrogen (secondary N) is 1. The highest BCUT2D eigenvalue weighted by atomic mass is 32.2. The highest BCUT2D eigenvalue weighted by Crippen LogP contribution is 2.26. The number of benzene rings is 2. The summed E-state index contributed by atoms with van der Waals surface area (Å²) in [6, 6.07) is 16.6. The average Bonchev–Trinajstić information content (AvgIpc) is 3.13. The summed E-state index contributed by atoms with van der Waals surface area (Å²) in [5.74, 6) is 0.118. The predicted molar refractivity (Wildman–Crippen MR) is 126 cm³/mol. The maximum absolute atomic E-state index is 12.9. The number of nitrogens with zero attached hydrogens (tertiary/aromatic N) is 4. The van der Waals surface area contributed by atoms with Gasteiger partial charge in [0.1, 0.15) is 11.9 Å². The van der Waals surface area contributed by atoms with Crippen LogP contribution in [0.15, 0.2) is 59.8 Å². The summed E-state index contributed by atoms with van der Waals surface area (Å²) in [4.78, 5) is 21.4. The number of aromatic nitrogens is 3. The Morgan fingerprint density at radius 2 is 1.88 bits per heavy atom. The fraction of sp³-hybridized carbons (Fsp3) is 0.167. The molecule has 4 aromatic rings. The van der Waals surface area contributed by atoms with Crippen molar-refractivity contribution in [3.8, 4) is 17.5 Å². The van der Waals surface area contributed by atoms with E-state index in [9.17, 15) is 13.2 Å². The van der Waals surface area contributed by atoms with Crippen LogP contribution < -0.4 is 5.32 Å². The van der Waals surface area contributed by atoms with Crippen molar-refractivity contribution in [2.45, 2.75) is 18.4 Å². The minimum Gasteiger partial charge on any atom is -0.327 e. The Morgan fingerprint density at radius 3 is 2.52 bits per heavy atom. The van der Waals surface area contributed by atoms with Gasteiger partial charge in [-0.05, 0) is 36.2 Å². The number of amides is 1. The third-order valence-corrected chi connectivity index (χ3v) is 6.36. The number of hydrogen-bond acceptors (Lipinski definition) is 6. The van der Waals surface area contributed by atoms with Gasteiger partial charge in [-0.2, -0.15) is 5.26 Å². The lowest BCUT2D eigenvalue weighted by Crippen LogP contribution is -2.17. The Bertz CT molecular complexity index is 1530. The van der Waals surface area contributed by atoms with Gasteiger partial charge in [0, 0.05) is 30.8 Å². The summed E-state index contributed by atoms with van der Waals surface area (Å²) in [6.45, 7) is 2.10. The lowest BCUT2D eigenvalue weighted by Gasteiger charge is -2.09. The van der Waals surface area contributed by atoms with Crippen molar-refractivity contribution in [1.82, 2.24) is 14.5 Å². The molecular weight excluding hydrogens is 438 g/mol. The molecule has 0 aliphatic rings. The van der Waals surface area contributed by atoms with Crippen LogP contribution in [0.5, 0.6) is 0 Å². The van der Waals surface area contributed by atoms with E-state index in [4.69, 9.17) is 10.2 Å². The molecular formula is C24H21N5O3S. The Kier molecular flexibility index (Phi) is 5.70. The van der Waals surface area contributed by atoms with Crippen molar-refractivity contribution < 1.29 is 13.2 Å². The quantitative estimate of drug-likeness (QED) is 0.486. The molecule has 1 amide bonds. The van der Waals surface area contributed by atoms with E-state index >= 15 is 0 Å². The molecule has 0 atom stereocenters. The van der Waals surface area contributed by atoms with E-state index in [-0.39, 0.29) is 16.2 Å². The number of pyridine rings is 1. The summed E-state index contributed by atoms with van der Waals surface area (Å²) < 4.78 is 26.1. The molecule has 0 spiro atoms. The zero-order valence-corrected chi connectivity index (χ0v) is 19.1. The Balaban J connectivity index is 1.69. The lowest BCUT2D eigenvalue weighted by atomic mass is 10.1. The second kappa shape index (κ2) is 8.48. The molecule has 0 unspecified atom stereocenters. The van der Waals surface area contributed by atoms with Gasteiger partial charge in [0.25, 0.3) is 5.91 Å². The maximum Gasteiger partial charge on any atom is 0.258 e. The third-order valence-electron chi connectivity index (χ3n) is 5.34. The average molecular weight is 460 g/mol. The van der Waals surface area contributed by atoms with Gasteiger partial charge in [-0.3, -0.25) is 4.79 Å². The third kappa shape index (κ3) is 4.33. The van der Waals surface area contributed by atoms with Gasteiger partial charge in [0.2, 0.25) is 0 Å². The van der Waals surface area contributed by atoms with Crippen LogP contribution in [0.2, 0.25) is 0 Å². The van der Waals surface area contributed by atoms with E-state index in [2.05, 4.69) is 29.4 Å². The molecule has 9 heteroatoms. The minimum absolute atomic E-state index is 0.0893. The molecule has 8 nitrogen and oxygen atoms in total. The summed E-state index contributed by atoms with van der Waals surface area (Å²) in [5.41, 5.74) is 4.13. The molecule has 4 rings (SSSR count). The molecule has 2 aromatic heterocycles. The fourth-order valence-corrected chi connectivity index (χ4v) is 4.39. The van der Waals surface area contributed by atoms with Crippen LogP contribution in [-0.2, 0) is 23.3 Å². The zero-order chi connectivity index (χ0) is 23.8. The van der Waals surface area contributed by atoms with E-state index in [1.165, 1.54) is 11.6 Å². The first kappa shape index (κ1) is 22.2.